The van der Waals surface area contributed by atoms with Crippen LogP contribution in [0.5, 0.6) is 0 Å². The fourth-order valence-electron chi connectivity index (χ4n) is 3.07. The van der Waals surface area contributed by atoms with Gasteiger partial charge in [-0.2, -0.15) is 0 Å². The SMILES string of the molecule is CS(=O)(=O)c1ccc([C@@H](C2CC2)N2CCNCC2)cc1. The Morgan fingerprint density at radius 2 is 1.75 bits per heavy atom. The van der Waals surface area contributed by atoms with Crippen molar-refractivity contribution < 1.29 is 8.42 Å². The third kappa shape index (κ3) is 3.05. The quantitative estimate of drug-likeness (QED) is 0.913. The van der Waals surface area contributed by atoms with E-state index in [2.05, 4.69) is 10.2 Å². The van der Waals surface area contributed by atoms with Crippen LogP contribution in [0, 0.1) is 5.92 Å². The molecule has 5 heteroatoms. The lowest BCUT2D eigenvalue weighted by Crippen LogP contribution is -2.45. The Bertz CT molecular complexity index is 558. The van der Waals surface area contributed by atoms with E-state index in [1.165, 1.54) is 24.7 Å². The van der Waals surface area contributed by atoms with Crippen molar-refractivity contribution in [3.8, 4) is 0 Å². The van der Waals surface area contributed by atoms with Crippen molar-refractivity contribution in [2.45, 2.75) is 23.8 Å². The van der Waals surface area contributed by atoms with Gasteiger partial charge >= 0.3 is 0 Å². The first-order chi connectivity index (χ1) is 9.55. The Kier molecular flexibility index (Phi) is 3.84. The van der Waals surface area contributed by atoms with Crippen LogP contribution >= 0.6 is 0 Å². The zero-order chi connectivity index (χ0) is 14.2. The maximum Gasteiger partial charge on any atom is 0.175 e. The van der Waals surface area contributed by atoms with E-state index in [4.69, 9.17) is 0 Å². The summed E-state index contributed by atoms with van der Waals surface area (Å²) < 4.78 is 23.1. The van der Waals surface area contributed by atoms with Gasteiger partial charge in [0.1, 0.15) is 0 Å². The predicted molar refractivity (Wildman–Crippen MR) is 79.5 cm³/mol. The minimum atomic E-state index is -3.10. The van der Waals surface area contributed by atoms with Crippen molar-refractivity contribution in [3.63, 3.8) is 0 Å². The highest BCUT2D eigenvalue weighted by molar-refractivity contribution is 7.90. The molecule has 1 aliphatic carbocycles. The highest BCUT2D eigenvalue weighted by atomic mass is 32.2. The van der Waals surface area contributed by atoms with Gasteiger partial charge in [0.25, 0.3) is 0 Å². The van der Waals surface area contributed by atoms with E-state index in [1.807, 2.05) is 12.1 Å². The molecule has 0 radical (unpaired) electrons. The molecular weight excluding hydrogens is 272 g/mol. The fraction of sp³-hybridized carbons (Fsp3) is 0.600. The average Bonchev–Trinajstić information content (AvgIpc) is 3.25. The topological polar surface area (TPSA) is 49.4 Å². The second kappa shape index (κ2) is 5.47. The Balaban J connectivity index is 1.84. The van der Waals surface area contributed by atoms with Crippen LogP contribution in [-0.4, -0.2) is 45.8 Å². The van der Waals surface area contributed by atoms with Crippen LogP contribution in [0.4, 0.5) is 0 Å². The summed E-state index contributed by atoms with van der Waals surface area (Å²) in [5, 5.41) is 3.39. The molecule has 1 saturated heterocycles. The van der Waals surface area contributed by atoms with E-state index in [1.54, 1.807) is 12.1 Å². The van der Waals surface area contributed by atoms with E-state index in [0.717, 1.165) is 32.1 Å². The highest BCUT2D eigenvalue weighted by Gasteiger charge is 2.36. The first-order valence-electron chi connectivity index (χ1n) is 7.30. The number of hydrogen-bond acceptors (Lipinski definition) is 4. The molecule has 1 N–H and O–H groups in total. The Morgan fingerprint density at radius 3 is 2.25 bits per heavy atom. The molecule has 2 fully saturated rings. The van der Waals surface area contributed by atoms with Crippen LogP contribution in [0.15, 0.2) is 29.2 Å². The number of piperazine rings is 1. The summed E-state index contributed by atoms with van der Waals surface area (Å²) in [6, 6.07) is 7.97. The monoisotopic (exact) mass is 294 g/mol. The van der Waals surface area contributed by atoms with Crippen molar-refractivity contribution in [2.24, 2.45) is 5.92 Å². The van der Waals surface area contributed by atoms with Crippen LogP contribution in [0.3, 0.4) is 0 Å². The molecule has 3 rings (SSSR count). The summed E-state index contributed by atoms with van der Waals surface area (Å²) in [6.07, 6.45) is 3.85. The molecule has 0 amide bonds. The van der Waals surface area contributed by atoms with Crippen molar-refractivity contribution in [1.29, 1.82) is 0 Å². The van der Waals surface area contributed by atoms with Crippen molar-refractivity contribution in [3.05, 3.63) is 29.8 Å². The van der Waals surface area contributed by atoms with Crippen LogP contribution in [0.25, 0.3) is 0 Å². The molecular formula is C15H22N2O2S. The zero-order valence-electron chi connectivity index (χ0n) is 11.9. The first-order valence-corrected chi connectivity index (χ1v) is 9.19. The molecule has 2 aliphatic rings. The molecule has 0 aromatic heterocycles. The van der Waals surface area contributed by atoms with Gasteiger partial charge in [0.15, 0.2) is 9.84 Å². The lowest BCUT2D eigenvalue weighted by Gasteiger charge is -2.35. The van der Waals surface area contributed by atoms with Gasteiger partial charge < -0.3 is 5.32 Å². The average molecular weight is 294 g/mol. The van der Waals surface area contributed by atoms with Crippen molar-refractivity contribution in [2.75, 3.05) is 32.4 Å². The molecule has 1 aromatic rings. The van der Waals surface area contributed by atoms with Gasteiger partial charge in [-0.1, -0.05) is 12.1 Å². The Morgan fingerprint density at radius 1 is 1.15 bits per heavy atom. The molecule has 1 aromatic carbocycles. The van der Waals surface area contributed by atoms with E-state index in [9.17, 15) is 8.42 Å². The summed E-state index contributed by atoms with van der Waals surface area (Å²) in [5.41, 5.74) is 1.27. The molecule has 1 aliphatic heterocycles. The highest BCUT2D eigenvalue weighted by Crippen LogP contribution is 2.44. The summed E-state index contributed by atoms with van der Waals surface area (Å²) in [5.74, 6) is 0.747. The molecule has 0 spiro atoms. The Labute approximate surface area is 121 Å². The van der Waals surface area contributed by atoms with Gasteiger partial charge in [-0.05, 0) is 36.5 Å². The van der Waals surface area contributed by atoms with Gasteiger partial charge in [-0.15, -0.1) is 0 Å². The first kappa shape index (κ1) is 14.0. The minimum Gasteiger partial charge on any atom is -0.314 e. The van der Waals surface area contributed by atoms with E-state index in [-0.39, 0.29) is 0 Å². The number of hydrogen-bond donors (Lipinski definition) is 1. The summed E-state index contributed by atoms with van der Waals surface area (Å²) in [6.45, 7) is 4.25. The second-order valence-electron chi connectivity index (χ2n) is 5.91. The van der Waals surface area contributed by atoms with E-state index < -0.39 is 9.84 Å². The molecule has 110 valence electrons. The van der Waals surface area contributed by atoms with Gasteiger partial charge in [-0.3, -0.25) is 4.90 Å². The van der Waals surface area contributed by atoms with E-state index >= 15 is 0 Å². The van der Waals surface area contributed by atoms with Gasteiger partial charge in [-0.25, -0.2) is 8.42 Å². The maximum absolute atomic E-state index is 11.5. The predicted octanol–water partition coefficient (Wildman–Crippen LogP) is 1.45. The van der Waals surface area contributed by atoms with Crippen LogP contribution < -0.4 is 5.32 Å². The lowest BCUT2D eigenvalue weighted by atomic mass is 10.00. The van der Waals surface area contributed by atoms with Crippen molar-refractivity contribution >= 4 is 9.84 Å². The second-order valence-corrected chi connectivity index (χ2v) is 7.93. The van der Waals surface area contributed by atoms with Crippen LogP contribution in [-0.2, 0) is 9.84 Å². The largest absolute Gasteiger partial charge is 0.314 e. The summed E-state index contributed by atoms with van der Waals surface area (Å²) in [7, 11) is -3.10. The molecule has 0 bridgehead atoms. The fourth-order valence-corrected chi connectivity index (χ4v) is 3.70. The molecule has 1 atom stereocenters. The molecule has 1 saturated carbocycles. The smallest absolute Gasteiger partial charge is 0.175 e. The number of sulfone groups is 1. The van der Waals surface area contributed by atoms with Gasteiger partial charge in [0, 0.05) is 38.5 Å². The third-order valence-electron chi connectivity index (χ3n) is 4.26. The number of nitrogens with zero attached hydrogens (tertiary/aromatic N) is 1. The van der Waals surface area contributed by atoms with E-state index in [0.29, 0.717) is 10.9 Å². The Hall–Kier alpha value is -0.910. The van der Waals surface area contributed by atoms with Crippen molar-refractivity contribution in [1.82, 2.24) is 10.2 Å². The third-order valence-corrected chi connectivity index (χ3v) is 5.39. The van der Waals surface area contributed by atoms with Crippen LogP contribution in [0.1, 0.15) is 24.4 Å². The molecule has 4 nitrogen and oxygen atoms in total. The number of rotatable bonds is 4. The van der Waals surface area contributed by atoms with Crippen LogP contribution in [0.2, 0.25) is 0 Å². The summed E-state index contributed by atoms with van der Waals surface area (Å²) in [4.78, 5) is 2.96. The molecule has 20 heavy (non-hydrogen) atoms. The zero-order valence-corrected chi connectivity index (χ0v) is 12.7. The standard InChI is InChI=1S/C15H22N2O2S/c1-20(18,19)14-6-4-13(5-7-14)15(12-2-3-12)17-10-8-16-9-11-17/h4-7,12,15-16H,2-3,8-11H2,1H3/t15-/m1/s1. The normalized spacial score (nSPS) is 22.6. The summed E-state index contributed by atoms with van der Waals surface area (Å²) >= 11 is 0. The van der Waals surface area contributed by atoms with Gasteiger partial charge in [0.05, 0.1) is 4.90 Å². The minimum absolute atomic E-state index is 0.413. The lowest BCUT2D eigenvalue weighted by molar-refractivity contribution is 0.156. The molecule has 1 heterocycles. The van der Waals surface area contributed by atoms with Gasteiger partial charge in [0.2, 0.25) is 0 Å². The number of benzene rings is 1. The number of nitrogens with one attached hydrogen (secondary N) is 1. The maximum atomic E-state index is 11.5. The molecule has 0 unspecified atom stereocenters.